The first-order valence-corrected chi connectivity index (χ1v) is 9.51. The summed E-state index contributed by atoms with van der Waals surface area (Å²) in [5.74, 6) is -0.0896. The van der Waals surface area contributed by atoms with E-state index in [0.29, 0.717) is 35.6 Å². The summed E-state index contributed by atoms with van der Waals surface area (Å²) >= 11 is 0. The highest BCUT2D eigenvalue weighted by Crippen LogP contribution is 2.38. The van der Waals surface area contributed by atoms with Crippen LogP contribution in [0, 0.1) is 11.8 Å². The number of benzene rings is 2. The molecule has 0 aromatic heterocycles. The Morgan fingerprint density at radius 1 is 0.966 bits per heavy atom. The summed E-state index contributed by atoms with van der Waals surface area (Å²) in [6.07, 6.45) is 5.10. The number of rotatable bonds is 6. The van der Waals surface area contributed by atoms with Gasteiger partial charge in [0.05, 0.1) is 24.6 Å². The SMILES string of the molecule is COc1cccc(C(=O)COc2cccc(N3C(=O)[C@@H]4CC=CC[C@H]4C3=O)c2)c1. The first kappa shape index (κ1) is 18.9. The van der Waals surface area contributed by atoms with Crippen molar-refractivity contribution in [1.29, 1.82) is 0 Å². The molecule has 0 saturated carbocycles. The molecular formula is C23H21NO5. The Morgan fingerprint density at radius 2 is 1.62 bits per heavy atom. The van der Waals surface area contributed by atoms with Crippen LogP contribution in [0.25, 0.3) is 0 Å². The molecule has 2 aliphatic rings. The highest BCUT2D eigenvalue weighted by molar-refractivity contribution is 6.22. The number of hydrogen-bond donors (Lipinski definition) is 0. The second-order valence-electron chi connectivity index (χ2n) is 7.11. The summed E-state index contributed by atoms with van der Waals surface area (Å²) in [4.78, 5) is 39.1. The molecule has 2 atom stereocenters. The molecule has 2 aromatic carbocycles. The second kappa shape index (κ2) is 7.91. The zero-order valence-electron chi connectivity index (χ0n) is 16.0. The topological polar surface area (TPSA) is 72.9 Å². The molecule has 148 valence electrons. The monoisotopic (exact) mass is 391 g/mol. The largest absolute Gasteiger partial charge is 0.497 e. The maximum Gasteiger partial charge on any atom is 0.238 e. The minimum atomic E-state index is -0.285. The van der Waals surface area contributed by atoms with Gasteiger partial charge in [-0.15, -0.1) is 0 Å². The molecule has 0 unspecified atom stereocenters. The van der Waals surface area contributed by atoms with Gasteiger partial charge in [-0.3, -0.25) is 14.4 Å². The first-order chi connectivity index (χ1) is 14.1. The lowest BCUT2D eigenvalue weighted by atomic mass is 9.85. The third-order valence-electron chi connectivity index (χ3n) is 5.35. The van der Waals surface area contributed by atoms with E-state index in [2.05, 4.69) is 0 Å². The fourth-order valence-corrected chi connectivity index (χ4v) is 3.80. The number of allylic oxidation sites excluding steroid dienone is 2. The van der Waals surface area contributed by atoms with E-state index in [1.807, 2.05) is 12.2 Å². The van der Waals surface area contributed by atoms with Gasteiger partial charge < -0.3 is 9.47 Å². The van der Waals surface area contributed by atoms with Gasteiger partial charge in [0.2, 0.25) is 11.8 Å². The number of nitrogens with zero attached hydrogens (tertiary/aromatic N) is 1. The molecule has 0 N–H and O–H groups in total. The van der Waals surface area contributed by atoms with Crippen LogP contribution in [0.2, 0.25) is 0 Å². The Bertz CT molecular complexity index is 970. The number of ether oxygens (including phenoxy) is 2. The molecule has 0 radical (unpaired) electrons. The Hall–Kier alpha value is -3.41. The second-order valence-corrected chi connectivity index (χ2v) is 7.11. The van der Waals surface area contributed by atoms with Gasteiger partial charge in [0.15, 0.2) is 12.4 Å². The van der Waals surface area contributed by atoms with Gasteiger partial charge in [-0.1, -0.05) is 30.4 Å². The van der Waals surface area contributed by atoms with Crippen LogP contribution in [0.1, 0.15) is 23.2 Å². The van der Waals surface area contributed by atoms with Crippen LogP contribution in [0.5, 0.6) is 11.5 Å². The Morgan fingerprint density at radius 3 is 2.31 bits per heavy atom. The van der Waals surface area contributed by atoms with E-state index in [0.717, 1.165) is 0 Å². The maximum atomic E-state index is 12.7. The van der Waals surface area contributed by atoms with Gasteiger partial charge >= 0.3 is 0 Å². The smallest absolute Gasteiger partial charge is 0.238 e. The van der Waals surface area contributed by atoms with Crippen molar-refractivity contribution in [3.8, 4) is 11.5 Å². The number of carbonyl (C=O) groups excluding carboxylic acids is 3. The van der Waals surface area contributed by atoms with Crippen molar-refractivity contribution in [3.63, 3.8) is 0 Å². The lowest BCUT2D eigenvalue weighted by Crippen LogP contribution is -2.30. The summed E-state index contributed by atoms with van der Waals surface area (Å²) in [6.45, 7) is -0.159. The van der Waals surface area contributed by atoms with Crippen LogP contribution in [0.3, 0.4) is 0 Å². The van der Waals surface area contributed by atoms with E-state index < -0.39 is 0 Å². The van der Waals surface area contributed by atoms with Crippen molar-refractivity contribution in [2.24, 2.45) is 11.8 Å². The van der Waals surface area contributed by atoms with E-state index >= 15 is 0 Å². The first-order valence-electron chi connectivity index (χ1n) is 9.51. The molecule has 0 spiro atoms. The predicted octanol–water partition coefficient (Wildman–Crippen LogP) is 3.41. The van der Waals surface area contributed by atoms with Crippen LogP contribution < -0.4 is 14.4 Å². The molecular weight excluding hydrogens is 370 g/mol. The lowest BCUT2D eigenvalue weighted by Gasteiger charge is -2.16. The van der Waals surface area contributed by atoms with Crippen molar-refractivity contribution >= 4 is 23.3 Å². The average molecular weight is 391 g/mol. The lowest BCUT2D eigenvalue weighted by molar-refractivity contribution is -0.122. The molecule has 6 heteroatoms. The van der Waals surface area contributed by atoms with E-state index in [1.54, 1.807) is 55.6 Å². The molecule has 1 saturated heterocycles. The van der Waals surface area contributed by atoms with E-state index in [9.17, 15) is 14.4 Å². The number of hydrogen-bond acceptors (Lipinski definition) is 5. The molecule has 1 aliphatic carbocycles. The van der Waals surface area contributed by atoms with Gasteiger partial charge in [0, 0.05) is 11.6 Å². The van der Waals surface area contributed by atoms with Gasteiger partial charge in [0.1, 0.15) is 11.5 Å². The van der Waals surface area contributed by atoms with Crippen molar-refractivity contribution in [2.75, 3.05) is 18.6 Å². The zero-order chi connectivity index (χ0) is 20.4. The molecule has 29 heavy (non-hydrogen) atoms. The fraction of sp³-hybridized carbons (Fsp3) is 0.261. The summed E-state index contributed by atoms with van der Waals surface area (Å²) in [7, 11) is 1.54. The Balaban J connectivity index is 1.47. The summed E-state index contributed by atoms with van der Waals surface area (Å²) in [6, 6.07) is 13.6. The quantitative estimate of drug-likeness (QED) is 0.429. The highest BCUT2D eigenvalue weighted by Gasteiger charge is 2.47. The van der Waals surface area contributed by atoms with E-state index in [-0.39, 0.29) is 36.0 Å². The molecule has 1 fully saturated rings. The number of ketones is 1. The average Bonchev–Trinajstić information content (AvgIpc) is 3.02. The molecule has 6 nitrogen and oxygen atoms in total. The van der Waals surface area contributed by atoms with Crippen molar-refractivity contribution in [2.45, 2.75) is 12.8 Å². The standard InChI is InChI=1S/C23H21NO5/c1-28-17-8-4-6-15(12-17)21(25)14-29-18-9-5-7-16(13-18)24-22(26)19-10-2-3-11-20(19)23(24)27/h2-9,12-13,19-20H,10-11,14H2,1H3/t19-,20-/m1/s1. The Labute approximate surface area is 168 Å². The highest BCUT2D eigenvalue weighted by atomic mass is 16.5. The minimum Gasteiger partial charge on any atom is -0.497 e. The summed E-state index contributed by atoms with van der Waals surface area (Å²) in [5, 5.41) is 0. The Kier molecular flexibility index (Phi) is 5.16. The maximum absolute atomic E-state index is 12.7. The van der Waals surface area contributed by atoms with Crippen LogP contribution in [-0.2, 0) is 9.59 Å². The number of imide groups is 1. The van der Waals surface area contributed by atoms with Gasteiger partial charge in [-0.05, 0) is 37.1 Å². The van der Waals surface area contributed by atoms with Gasteiger partial charge in [0.25, 0.3) is 0 Å². The number of fused-ring (bicyclic) bond motifs is 1. The molecule has 2 amide bonds. The summed E-state index contributed by atoms with van der Waals surface area (Å²) < 4.78 is 10.8. The van der Waals surface area contributed by atoms with Crippen LogP contribution >= 0.6 is 0 Å². The van der Waals surface area contributed by atoms with Crippen LogP contribution in [0.15, 0.2) is 60.7 Å². The molecule has 2 aromatic rings. The third-order valence-corrected chi connectivity index (χ3v) is 5.35. The number of methoxy groups -OCH3 is 1. The summed E-state index contributed by atoms with van der Waals surface area (Å²) in [5.41, 5.74) is 0.961. The number of anilines is 1. The van der Waals surface area contributed by atoms with Gasteiger partial charge in [-0.2, -0.15) is 0 Å². The zero-order valence-corrected chi connectivity index (χ0v) is 16.0. The van der Waals surface area contributed by atoms with E-state index in [4.69, 9.17) is 9.47 Å². The van der Waals surface area contributed by atoms with Gasteiger partial charge in [-0.25, -0.2) is 4.90 Å². The molecule has 1 heterocycles. The van der Waals surface area contributed by atoms with Crippen molar-refractivity contribution in [3.05, 3.63) is 66.2 Å². The number of Topliss-reactive ketones (excluding diaryl/α,β-unsaturated/α-hetero) is 1. The van der Waals surface area contributed by atoms with Crippen molar-refractivity contribution in [1.82, 2.24) is 0 Å². The normalized spacial score (nSPS) is 20.5. The molecule has 1 aliphatic heterocycles. The molecule has 4 rings (SSSR count). The third kappa shape index (κ3) is 3.66. The minimum absolute atomic E-state index is 0.159. The molecule has 0 bridgehead atoms. The fourth-order valence-electron chi connectivity index (χ4n) is 3.80. The van der Waals surface area contributed by atoms with Crippen LogP contribution in [-0.4, -0.2) is 31.3 Å². The van der Waals surface area contributed by atoms with E-state index in [1.165, 1.54) is 4.90 Å². The predicted molar refractivity (Wildman–Crippen MR) is 107 cm³/mol. The number of amides is 2. The van der Waals surface area contributed by atoms with Crippen molar-refractivity contribution < 1.29 is 23.9 Å². The number of carbonyl (C=O) groups is 3. The van der Waals surface area contributed by atoms with Crippen LogP contribution in [0.4, 0.5) is 5.69 Å².